The Hall–Kier alpha value is -2.15. The Balaban J connectivity index is 2.09. The first-order valence-electron chi connectivity index (χ1n) is 6.47. The predicted molar refractivity (Wildman–Crippen MR) is 76.9 cm³/mol. The van der Waals surface area contributed by atoms with Crippen LogP contribution in [0.1, 0.15) is 13.8 Å². The number of non-ortho nitro benzene ring substituents is 1. The Labute approximate surface area is 116 Å². The fourth-order valence-corrected chi connectivity index (χ4v) is 1.75. The molecule has 1 N–H and O–H groups in total. The SMILES string of the molecule is CC(C)N(C)CCNc1nc2c([N+](=O)[O-])cccc2o1. The number of rotatable bonds is 6. The average Bonchev–Trinajstić information content (AvgIpc) is 2.80. The van der Waals surface area contributed by atoms with E-state index in [0.29, 0.717) is 24.2 Å². The van der Waals surface area contributed by atoms with E-state index in [4.69, 9.17) is 4.42 Å². The fourth-order valence-electron chi connectivity index (χ4n) is 1.75. The monoisotopic (exact) mass is 278 g/mol. The van der Waals surface area contributed by atoms with Crippen LogP contribution in [0.2, 0.25) is 0 Å². The molecule has 0 saturated heterocycles. The van der Waals surface area contributed by atoms with Gasteiger partial charge in [-0.3, -0.25) is 10.1 Å². The second-order valence-electron chi connectivity index (χ2n) is 4.90. The summed E-state index contributed by atoms with van der Waals surface area (Å²) in [6, 6.07) is 5.44. The van der Waals surface area contributed by atoms with Crippen LogP contribution in [-0.2, 0) is 0 Å². The molecule has 0 fully saturated rings. The Morgan fingerprint density at radius 2 is 2.25 bits per heavy atom. The average molecular weight is 278 g/mol. The van der Waals surface area contributed by atoms with Gasteiger partial charge in [0.1, 0.15) is 0 Å². The zero-order valence-electron chi connectivity index (χ0n) is 11.8. The minimum absolute atomic E-state index is 0.0430. The number of nitrogens with zero attached hydrogens (tertiary/aromatic N) is 3. The van der Waals surface area contributed by atoms with E-state index < -0.39 is 4.92 Å². The molecule has 0 aliphatic rings. The third kappa shape index (κ3) is 3.05. The van der Waals surface area contributed by atoms with E-state index in [0.717, 1.165) is 6.54 Å². The van der Waals surface area contributed by atoms with Gasteiger partial charge in [0.05, 0.1) is 4.92 Å². The number of likely N-dealkylation sites (N-methyl/N-ethyl adjacent to an activating group) is 1. The Bertz CT molecular complexity index is 609. The summed E-state index contributed by atoms with van der Waals surface area (Å²) in [5.41, 5.74) is 0.648. The van der Waals surface area contributed by atoms with Crippen molar-refractivity contribution in [2.75, 3.05) is 25.5 Å². The summed E-state index contributed by atoms with van der Waals surface area (Å²) in [6.45, 7) is 5.72. The summed E-state index contributed by atoms with van der Waals surface area (Å²) >= 11 is 0. The Morgan fingerprint density at radius 3 is 2.90 bits per heavy atom. The number of nitro groups is 1. The standard InChI is InChI=1S/C13H18N4O3/c1-9(2)16(3)8-7-14-13-15-12-10(17(18)19)5-4-6-11(12)20-13/h4-6,9H,7-8H2,1-3H3,(H,14,15). The maximum absolute atomic E-state index is 10.9. The van der Waals surface area contributed by atoms with Crippen molar-refractivity contribution in [1.82, 2.24) is 9.88 Å². The summed E-state index contributed by atoms with van der Waals surface area (Å²) in [5.74, 6) is 0. The molecule has 0 saturated carbocycles. The highest BCUT2D eigenvalue weighted by molar-refractivity contribution is 5.83. The van der Waals surface area contributed by atoms with E-state index in [2.05, 4.69) is 29.0 Å². The number of hydrogen-bond acceptors (Lipinski definition) is 6. The van der Waals surface area contributed by atoms with Gasteiger partial charge in [0, 0.05) is 25.2 Å². The third-order valence-electron chi connectivity index (χ3n) is 3.22. The van der Waals surface area contributed by atoms with Crippen LogP contribution in [0.25, 0.3) is 11.1 Å². The van der Waals surface area contributed by atoms with E-state index in [1.54, 1.807) is 12.1 Å². The van der Waals surface area contributed by atoms with Crippen LogP contribution in [0.4, 0.5) is 11.7 Å². The minimum Gasteiger partial charge on any atom is -0.423 e. The highest BCUT2D eigenvalue weighted by Gasteiger charge is 2.17. The van der Waals surface area contributed by atoms with Crippen molar-refractivity contribution in [2.24, 2.45) is 0 Å². The van der Waals surface area contributed by atoms with Crippen molar-refractivity contribution in [3.63, 3.8) is 0 Å². The number of nitro benzene ring substituents is 1. The van der Waals surface area contributed by atoms with Gasteiger partial charge in [-0.15, -0.1) is 0 Å². The fraction of sp³-hybridized carbons (Fsp3) is 0.462. The molecule has 1 aromatic heterocycles. The second-order valence-corrected chi connectivity index (χ2v) is 4.90. The molecule has 0 spiro atoms. The Kier molecular flexibility index (Phi) is 4.19. The molecular weight excluding hydrogens is 260 g/mol. The number of fused-ring (bicyclic) bond motifs is 1. The quantitative estimate of drug-likeness (QED) is 0.645. The normalized spacial score (nSPS) is 11.4. The molecule has 2 rings (SSSR count). The molecule has 0 radical (unpaired) electrons. The van der Waals surface area contributed by atoms with E-state index in [1.165, 1.54) is 6.07 Å². The lowest BCUT2D eigenvalue weighted by Crippen LogP contribution is -2.31. The molecule has 1 aromatic carbocycles. The highest BCUT2D eigenvalue weighted by atomic mass is 16.6. The van der Waals surface area contributed by atoms with E-state index in [1.807, 2.05) is 7.05 Å². The molecule has 0 amide bonds. The van der Waals surface area contributed by atoms with E-state index in [-0.39, 0.29) is 11.2 Å². The van der Waals surface area contributed by atoms with Gasteiger partial charge in [0.2, 0.25) is 0 Å². The molecule has 20 heavy (non-hydrogen) atoms. The zero-order valence-corrected chi connectivity index (χ0v) is 11.8. The van der Waals surface area contributed by atoms with Crippen molar-refractivity contribution in [3.05, 3.63) is 28.3 Å². The van der Waals surface area contributed by atoms with Crippen LogP contribution in [-0.4, -0.2) is 41.0 Å². The summed E-state index contributed by atoms with van der Waals surface area (Å²) in [5, 5.41) is 13.9. The molecule has 1 heterocycles. The molecule has 0 atom stereocenters. The molecule has 0 aliphatic carbocycles. The van der Waals surface area contributed by atoms with Gasteiger partial charge in [0.25, 0.3) is 11.7 Å². The number of anilines is 1. The van der Waals surface area contributed by atoms with Crippen LogP contribution in [0.3, 0.4) is 0 Å². The Morgan fingerprint density at radius 1 is 1.50 bits per heavy atom. The first-order chi connectivity index (χ1) is 9.49. The lowest BCUT2D eigenvalue weighted by atomic mass is 10.3. The number of para-hydroxylation sites is 1. The highest BCUT2D eigenvalue weighted by Crippen LogP contribution is 2.27. The van der Waals surface area contributed by atoms with Crippen LogP contribution in [0.5, 0.6) is 0 Å². The van der Waals surface area contributed by atoms with Gasteiger partial charge < -0.3 is 14.6 Å². The summed E-state index contributed by atoms with van der Waals surface area (Å²) in [6.07, 6.45) is 0. The first-order valence-corrected chi connectivity index (χ1v) is 6.47. The van der Waals surface area contributed by atoms with Crippen LogP contribution in [0.15, 0.2) is 22.6 Å². The number of aromatic nitrogens is 1. The second kappa shape index (κ2) is 5.87. The smallest absolute Gasteiger partial charge is 0.298 e. The first kappa shape index (κ1) is 14.3. The number of hydrogen-bond donors (Lipinski definition) is 1. The van der Waals surface area contributed by atoms with Gasteiger partial charge in [-0.2, -0.15) is 4.98 Å². The summed E-state index contributed by atoms with van der Waals surface area (Å²) in [7, 11) is 2.03. The van der Waals surface area contributed by atoms with Crippen molar-refractivity contribution in [2.45, 2.75) is 19.9 Å². The molecule has 7 nitrogen and oxygen atoms in total. The molecule has 2 aromatic rings. The maximum atomic E-state index is 10.9. The van der Waals surface area contributed by atoms with Gasteiger partial charge >= 0.3 is 0 Å². The van der Waals surface area contributed by atoms with Gasteiger partial charge in [-0.05, 0) is 27.0 Å². The molecule has 0 bridgehead atoms. The largest absolute Gasteiger partial charge is 0.423 e. The molecular formula is C13H18N4O3. The van der Waals surface area contributed by atoms with Crippen LogP contribution < -0.4 is 5.32 Å². The lowest BCUT2D eigenvalue weighted by Gasteiger charge is -2.20. The summed E-state index contributed by atoms with van der Waals surface area (Å²) in [4.78, 5) is 16.8. The van der Waals surface area contributed by atoms with Crippen LogP contribution >= 0.6 is 0 Å². The lowest BCUT2D eigenvalue weighted by molar-refractivity contribution is -0.383. The molecule has 7 heteroatoms. The number of benzene rings is 1. The van der Waals surface area contributed by atoms with Crippen molar-refractivity contribution >= 4 is 22.8 Å². The topological polar surface area (TPSA) is 84.4 Å². The van der Waals surface area contributed by atoms with Gasteiger partial charge in [0.15, 0.2) is 11.1 Å². The predicted octanol–water partition coefficient (Wildman–Crippen LogP) is 2.49. The van der Waals surface area contributed by atoms with Crippen molar-refractivity contribution in [1.29, 1.82) is 0 Å². The van der Waals surface area contributed by atoms with Crippen molar-refractivity contribution in [3.8, 4) is 0 Å². The minimum atomic E-state index is -0.457. The summed E-state index contributed by atoms with van der Waals surface area (Å²) < 4.78 is 5.46. The number of nitrogens with one attached hydrogen (secondary N) is 1. The number of oxazole rings is 1. The van der Waals surface area contributed by atoms with Gasteiger partial charge in [-0.25, -0.2) is 0 Å². The van der Waals surface area contributed by atoms with Crippen LogP contribution in [0, 0.1) is 10.1 Å². The maximum Gasteiger partial charge on any atom is 0.298 e. The zero-order chi connectivity index (χ0) is 14.7. The van der Waals surface area contributed by atoms with E-state index >= 15 is 0 Å². The van der Waals surface area contributed by atoms with Gasteiger partial charge in [-0.1, -0.05) is 6.07 Å². The molecule has 0 aliphatic heterocycles. The molecule has 0 unspecified atom stereocenters. The third-order valence-corrected chi connectivity index (χ3v) is 3.22. The molecule has 108 valence electrons. The van der Waals surface area contributed by atoms with Crippen molar-refractivity contribution < 1.29 is 9.34 Å². The van der Waals surface area contributed by atoms with E-state index in [9.17, 15) is 10.1 Å².